The highest BCUT2D eigenvalue weighted by atomic mass is 19.1. The van der Waals surface area contributed by atoms with E-state index in [1.54, 1.807) is 29.2 Å². The molecule has 2 unspecified atom stereocenters. The van der Waals surface area contributed by atoms with Gasteiger partial charge in [-0.3, -0.25) is 4.79 Å². The van der Waals surface area contributed by atoms with Gasteiger partial charge in [0.25, 0.3) is 0 Å². The van der Waals surface area contributed by atoms with Crippen LogP contribution in [0.25, 0.3) is 0 Å². The average molecular weight is 345 g/mol. The maximum Gasteiger partial charge on any atom is 0.230 e. The van der Waals surface area contributed by atoms with Crippen LogP contribution in [0.1, 0.15) is 24.0 Å². The van der Waals surface area contributed by atoms with Crippen LogP contribution in [0.3, 0.4) is 0 Å². The Bertz CT molecular complexity index is 715. The van der Waals surface area contributed by atoms with Crippen molar-refractivity contribution in [1.82, 2.24) is 4.90 Å². The number of ether oxygens (including phenoxy) is 1. The summed E-state index contributed by atoms with van der Waals surface area (Å²) in [6, 6.07) is 12.2. The van der Waals surface area contributed by atoms with Gasteiger partial charge in [0.05, 0.1) is 18.6 Å². The summed E-state index contributed by atoms with van der Waals surface area (Å²) in [6.07, 6.45) is 0.439. The highest BCUT2D eigenvalue weighted by Gasteiger charge is 2.29. The highest BCUT2D eigenvalue weighted by molar-refractivity contribution is 5.84. The van der Waals surface area contributed by atoms with Crippen molar-refractivity contribution in [1.29, 1.82) is 0 Å². The summed E-state index contributed by atoms with van der Waals surface area (Å²) in [5.41, 5.74) is 1.63. The van der Waals surface area contributed by atoms with E-state index in [1.807, 2.05) is 6.92 Å². The second-order valence-corrected chi connectivity index (χ2v) is 6.40. The van der Waals surface area contributed by atoms with Crippen molar-refractivity contribution in [2.45, 2.75) is 25.4 Å². The maximum absolute atomic E-state index is 13.3. The second-order valence-electron chi connectivity index (χ2n) is 6.40. The minimum absolute atomic E-state index is 0.00242. The Balaban J connectivity index is 1.86. The fraction of sp³-hybridized carbons (Fsp3) is 0.350. The summed E-state index contributed by atoms with van der Waals surface area (Å²) in [5, 5.41) is 0. The molecule has 0 aromatic heterocycles. The van der Waals surface area contributed by atoms with E-state index in [-0.39, 0.29) is 23.6 Å². The third-order valence-electron chi connectivity index (χ3n) is 4.48. The summed E-state index contributed by atoms with van der Waals surface area (Å²) >= 11 is 0. The molecule has 3 rings (SSSR count). The zero-order chi connectivity index (χ0) is 17.8. The van der Waals surface area contributed by atoms with Gasteiger partial charge in [-0.1, -0.05) is 24.3 Å². The van der Waals surface area contributed by atoms with Gasteiger partial charge >= 0.3 is 0 Å². The van der Waals surface area contributed by atoms with E-state index in [0.29, 0.717) is 26.1 Å². The van der Waals surface area contributed by atoms with Gasteiger partial charge in [-0.05, 0) is 48.7 Å². The molecule has 1 aliphatic rings. The van der Waals surface area contributed by atoms with E-state index >= 15 is 0 Å². The van der Waals surface area contributed by atoms with Crippen molar-refractivity contribution < 1.29 is 18.3 Å². The topological polar surface area (TPSA) is 29.5 Å². The number of hydrogen-bond donors (Lipinski definition) is 0. The van der Waals surface area contributed by atoms with Crippen molar-refractivity contribution in [3.8, 4) is 0 Å². The SMILES string of the molecule is CC1CN(C(=O)C(Cc2ccc(F)cc2)c2ccc(F)cc2)CCO1. The molecule has 2 aromatic carbocycles. The first kappa shape index (κ1) is 17.5. The minimum atomic E-state index is -0.434. The van der Waals surface area contributed by atoms with Crippen molar-refractivity contribution >= 4 is 5.91 Å². The maximum atomic E-state index is 13.3. The van der Waals surface area contributed by atoms with Gasteiger partial charge in [-0.15, -0.1) is 0 Å². The van der Waals surface area contributed by atoms with Gasteiger partial charge in [-0.25, -0.2) is 8.78 Å². The molecule has 0 aliphatic carbocycles. The van der Waals surface area contributed by atoms with Crippen LogP contribution in [0.2, 0.25) is 0 Å². The van der Waals surface area contributed by atoms with E-state index in [0.717, 1.165) is 11.1 Å². The minimum Gasteiger partial charge on any atom is -0.375 e. The molecule has 1 amide bonds. The zero-order valence-corrected chi connectivity index (χ0v) is 14.1. The Kier molecular flexibility index (Phi) is 5.43. The van der Waals surface area contributed by atoms with E-state index < -0.39 is 5.92 Å². The van der Waals surface area contributed by atoms with Gasteiger partial charge in [0.1, 0.15) is 11.6 Å². The normalized spacial score (nSPS) is 18.8. The third kappa shape index (κ3) is 4.42. The molecule has 0 bridgehead atoms. The average Bonchev–Trinajstić information content (AvgIpc) is 2.62. The summed E-state index contributed by atoms with van der Waals surface area (Å²) < 4.78 is 31.9. The summed E-state index contributed by atoms with van der Waals surface area (Å²) in [5.74, 6) is -1.09. The fourth-order valence-corrected chi connectivity index (χ4v) is 3.14. The number of benzene rings is 2. The molecule has 0 spiro atoms. The Morgan fingerprint density at radius 2 is 1.72 bits per heavy atom. The first-order valence-corrected chi connectivity index (χ1v) is 8.43. The van der Waals surface area contributed by atoms with Crippen molar-refractivity contribution in [3.63, 3.8) is 0 Å². The van der Waals surface area contributed by atoms with Crippen LogP contribution in [-0.4, -0.2) is 36.6 Å². The smallest absolute Gasteiger partial charge is 0.230 e. The molecular formula is C20H21F2NO2. The first-order valence-electron chi connectivity index (χ1n) is 8.43. The number of amides is 1. The largest absolute Gasteiger partial charge is 0.375 e. The molecule has 0 radical (unpaired) electrons. The van der Waals surface area contributed by atoms with Gasteiger partial charge in [0.2, 0.25) is 5.91 Å². The van der Waals surface area contributed by atoms with E-state index in [1.165, 1.54) is 24.3 Å². The molecule has 2 atom stereocenters. The van der Waals surface area contributed by atoms with Crippen molar-refractivity contribution in [2.75, 3.05) is 19.7 Å². The molecular weight excluding hydrogens is 324 g/mol. The van der Waals surface area contributed by atoms with Gasteiger partial charge in [0, 0.05) is 13.1 Å². The monoisotopic (exact) mass is 345 g/mol. The number of halogens is 2. The molecule has 1 saturated heterocycles. The van der Waals surface area contributed by atoms with E-state index in [2.05, 4.69) is 0 Å². The molecule has 1 fully saturated rings. The van der Waals surface area contributed by atoms with E-state index in [4.69, 9.17) is 4.74 Å². The highest BCUT2D eigenvalue weighted by Crippen LogP contribution is 2.25. The number of carbonyl (C=O) groups is 1. The number of nitrogens with zero attached hydrogens (tertiary/aromatic N) is 1. The summed E-state index contributed by atoms with van der Waals surface area (Å²) in [7, 11) is 0. The Morgan fingerprint density at radius 1 is 1.12 bits per heavy atom. The molecule has 1 aliphatic heterocycles. The third-order valence-corrected chi connectivity index (χ3v) is 4.48. The lowest BCUT2D eigenvalue weighted by Crippen LogP contribution is -2.46. The Hall–Kier alpha value is -2.27. The van der Waals surface area contributed by atoms with Crippen molar-refractivity contribution in [2.24, 2.45) is 0 Å². The summed E-state index contributed by atoms with van der Waals surface area (Å²) in [6.45, 7) is 3.54. The number of carbonyl (C=O) groups excluding carboxylic acids is 1. The standard InChI is InChI=1S/C20H21F2NO2/c1-14-13-23(10-11-25-14)20(24)19(16-4-8-18(22)9-5-16)12-15-2-6-17(21)7-3-15/h2-9,14,19H,10-13H2,1H3. The Morgan fingerprint density at radius 3 is 2.32 bits per heavy atom. The lowest BCUT2D eigenvalue weighted by molar-refractivity contribution is -0.139. The van der Waals surface area contributed by atoms with Crippen LogP contribution in [0.4, 0.5) is 8.78 Å². The van der Waals surface area contributed by atoms with Crippen LogP contribution < -0.4 is 0 Å². The molecule has 0 saturated carbocycles. The van der Waals surface area contributed by atoms with Crippen molar-refractivity contribution in [3.05, 3.63) is 71.3 Å². The molecule has 25 heavy (non-hydrogen) atoms. The van der Waals surface area contributed by atoms with Gasteiger partial charge in [-0.2, -0.15) is 0 Å². The van der Waals surface area contributed by atoms with Crippen LogP contribution in [0.15, 0.2) is 48.5 Å². The number of rotatable bonds is 4. The second kappa shape index (κ2) is 7.74. The predicted octanol–water partition coefficient (Wildman–Crippen LogP) is 3.54. The molecule has 3 nitrogen and oxygen atoms in total. The lowest BCUT2D eigenvalue weighted by atomic mass is 9.90. The molecule has 2 aromatic rings. The lowest BCUT2D eigenvalue weighted by Gasteiger charge is -2.34. The van der Waals surface area contributed by atoms with E-state index in [9.17, 15) is 13.6 Å². The quantitative estimate of drug-likeness (QED) is 0.848. The Labute approximate surface area is 146 Å². The van der Waals surface area contributed by atoms with Crippen LogP contribution >= 0.6 is 0 Å². The predicted molar refractivity (Wildman–Crippen MR) is 91.2 cm³/mol. The fourth-order valence-electron chi connectivity index (χ4n) is 3.14. The molecule has 132 valence electrons. The van der Waals surface area contributed by atoms with Crippen LogP contribution in [0, 0.1) is 11.6 Å². The summed E-state index contributed by atoms with van der Waals surface area (Å²) in [4.78, 5) is 14.9. The molecule has 0 N–H and O–H groups in total. The molecule has 1 heterocycles. The zero-order valence-electron chi connectivity index (χ0n) is 14.1. The van der Waals surface area contributed by atoms with Crippen LogP contribution in [-0.2, 0) is 16.0 Å². The number of morpholine rings is 1. The van der Waals surface area contributed by atoms with Gasteiger partial charge < -0.3 is 9.64 Å². The van der Waals surface area contributed by atoms with Crippen LogP contribution in [0.5, 0.6) is 0 Å². The molecule has 5 heteroatoms. The van der Waals surface area contributed by atoms with Gasteiger partial charge in [0.15, 0.2) is 0 Å². The first-order chi connectivity index (χ1) is 12.0. The number of hydrogen-bond acceptors (Lipinski definition) is 2.